The number of aromatic nitrogens is 3. The summed E-state index contributed by atoms with van der Waals surface area (Å²) in [5.41, 5.74) is 1.20. The Bertz CT molecular complexity index is 568. The zero-order valence-corrected chi connectivity index (χ0v) is 12.3. The van der Waals surface area contributed by atoms with E-state index >= 15 is 0 Å². The van der Waals surface area contributed by atoms with Gasteiger partial charge in [0.05, 0.1) is 6.42 Å². The number of anilines is 1. The van der Waals surface area contributed by atoms with Crippen LogP contribution < -0.4 is 9.88 Å². The quantitative estimate of drug-likeness (QED) is 0.815. The molecule has 2 rings (SSSR count). The van der Waals surface area contributed by atoms with Crippen molar-refractivity contribution in [2.45, 2.75) is 26.5 Å². The first kappa shape index (κ1) is 14.5. The molecule has 6 nitrogen and oxygen atoms in total. The molecule has 0 spiro atoms. The molecule has 1 amide bonds. The van der Waals surface area contributed by atoms with E-state index in [0.29, 0.717) is 24.7 Å². The minimum atomic E-state index is -0.0711. The second kappa shape index (κ2) is 7.06. The van der Waals surface area contributed by atoms with Crippen LogP contribution in [0, 0.1) is 6.92 Å². The molecular weight excluding hydrogens is 276 g/mol. The molecule has 0 aliphatic carbocycles. The van der Waals surface area contributed by atoms with Gasteiger partial charge in [0.1, 0.15) is 11.6 Å². The predicted molar refractivity (Wildman–Crippen MR) is 75.2 cm³/mol. The van der Waals surface area contributed by atoms with E-state index in [2.05, 4.69) is 15.5 Å². The largest absolute Gasteiger partial charge is 0.377 e. The van der Waals surface area contributed by atoms with Gasteiger partial charge in [-0.15, -0.1) is 10.2 Å². The smallest absolute Gasteiger partial charge is 0.232 e. The van der Waals surface area contributed by atoms with E-state index in [9.17, 15) is 4.79 Å². The molecule has 0 unspecified atom stereocenters. The highest BCUT2D eigenvalue weighted by Crippen LogP contribution is 2.15. The Kier molecular flexibility index (Phi) is 5.14. The molecular formula is C13H17N4O2S+. The number of carbonyl (C=O) groups excluding carboxylic acids is 1. The monoisotopic (exact) mass is 293 g/mol. The van der Waals surface area contributed by atoms with Crippen LogP contribution in [0.4, 0.5) is 5.13 Å². The van der Waals surface area contributed by atoms with Crippen molar-refractivity contribution < 1.29 is 14.1 Å². The van der Waals surface area contributed by atoms with E-state index in [1.807, 2.05) is 36.0 Å². The SMILES string of the molecule is COCc1nnc(NC(=O)CC[n+]2ccc(C)cc2)s1. The van der Waals surface area contributed by atoms with Crippen LogP contribution in [-0.4, -0.2) is 23.2 Å². The lowest BCUT2D eigenvalue weighted by molar-refractivity contribution is -0.695. The standard InChI is InChI=1S/C13H16N4O2S/c1-10-3-6-17(7-4-10)8-5-11(18)14-13-16-15-12(20-13)9-19-2/h3-4,6-7H,5,8-9H2,1-2H3/p+1. The lowest BCUT2D eigenvalue weighted by Gasteiger charge is -1.99. The predicted octanol–water partition coefficient (Wildman–Crippen LogP) is 1.31. The van der Waals surface area contributed by atoms with Crippen molar-refractivity contribution in [2.24, 2.45) is 0 Å². The lowest BCUT2D eigenvalue weighted by Crippen LogP contribution is -2.34. The summed E-state index contributed by atoms with van der Waals surface area (Å²) in [6.45, 7) is 3.08. The number of aryl methyl sites for hydroxylation is 2. The first-order valence-electron chi connectivity index (χ1n) is 6.24. The Morgan fingerprint density at radius 1 is 1.40 bits per heavy atom. The van der Waals surface area contributed by atoms with Gasteiger partial charge in [-0.1, -0.05) is 11.3 Å². The van der Waals surface area contributed by atoms with Gasteiger partial charge in [-0.05, 0) is 12.5 Å². The summed E-state index contributed by atoms with van der Waals surface area (Å²) in [6.07, 6.45) is 4.32. The number of nitrogens with zero attached hydrogens (tertiary/aromatic N) is 3. The number of methoxy groups -OCH3 is 1. The van der Waals surface area contributed by atoms with Gasteiger partial charge in [-0.3, -0.25) is 4.79 Å². The number of ether oxygens (including phenoxy) is 1. The molecule has 0 radical (unpaired) electrons. The fraction of sp³-hybridized carbons (Fsp3) is 0.385. The number of amides is 1. The topological polar surface area (TPSA) is 68.0 Å². The molecule has 0 bridgehead atoms. The Morgan fingerprint density at radius 2 is 2.15 bits per heavy atom. The summed E-state index contributed by atoms with van der Waals surface area (Å²) < 4.78 is 6.93. The highest BCUT2D eigenvalue weighted by molar-refractivity contribution is 7.15. The molecule has 2 aromatic rings. The third-order valence-corrected chi connectivity index (χ3v) is 3.45. The van der Waals surface area contributed by atoms with Gasteiger partial charge >= 0.3 is 0 Å². The van der Waals surface area contributed by atoms with Crippen LogP contribution in [0.3, 0.4) is 0 Å². The Hall–Kier alpha value is -1.86. The van der Waals surface area contributed by atoms with Crippen LogP contribution in [0.15, 0.2) is 24.5 Å². The number of nitrogens with one attached hydrogen (secondary N) is 1. The van der Waals surface area contributed by atoms with E-state index in [1.54, 1.807) is 7.11 Å². The van der Waals surface area contributed by atoms with E-state index in [1.165, 1.54) is 16.9 Å². The number of pyridine rings is 1. The second-order valence-corrected chi connectivity index (χ2v) is 5.41. The summed E-state index contributed by atoms with van der Waals surface area (Å²) in [6, 6.07) is 4.03. The van der Waals surface area contributed by atoms with E-state index in [4.69, 9.17) is 4.74 Å². The third-order valence-electron chi connectivity index (χ3n) is 2.64. The van der Waals surface area contributed by atoms with E-state index in [0.717, 1.165) is 5.01 Å². The van der Waals surface area contributed by atoms with Crippen molar-refractivity contribution in [1.29, 1.82) is 0 Å². The maximum absolute atomic E-state index is 11.8. The van der Waals surface area contributed by atoms with Crippen molar-refractivity contribution in [3.63, 3.8) is 0 Å². The van der Waals surface area contributed by atoms with Crippen LogP contribution in [0.5, 0.6) is 0 Å². The van der Waals surface area contributed by atoms with Crippen molar-refractivity contribution in [2.75, 3.05) is 12.4 Å². The maximum Gasteiger partial charge on any atom is 0.232 e. The summed E-state index contributed by atoms with van der Waals surface area (Å²) in [7, 11) is 1.60. The Morgan fingerprint density at radius 3 is 2.85 bits per heavy atom. The maximum atomic E-state index is 11.8. The average Bonchev–Trinajstić information content (AvgIpc) is 2.86. The van der Waals surface area contributed by atoms with Gasteiger partial charge in [0.15, 0.2) is 18.9 Å². The van der Waals surface area contributed by atoms with Crippen molar-refractivity contribution >= 4 is 22.4 Å². The number of rotatable bonds is 6. The normalized spacial score (nSPS) is 10.5. The van der Waals surface area contributed by atoms with Gasteiger partial charge in [0.2, 0.25) is 11.0 Å². The molecule has 0 fully saturated rings. The van der Waals surface area contributed by atoms with E-state index < -0.39 is 0 Å². The van der Waals surface area contributed by atoms with Gasteiger partial charge in [0, 0.05) is 19.2 Å². The fourth-order valence-corrected chi connectivity index (χ4v) is 2.31. The highest BCUT2D eigenvalue weighted by atomic mass is 32.1. The van der Waals surface area contributed by atoms with Crippen LogP contribution in [0.1, 0.15) is 17.0 Å². The molecule has 0 aliphatic heterocycles. The molecule has 0 saturated heterocycles. The molecule has 2 heterocycles. The van der Waals surface area contributed by atoms with Crippen LogP contribution in [0.2, 0.25) is 0 Å². The lowest BCUT2D eigenvalue weighted by atomic mass is 10.3. The fourth-order valence-electron chi connectivity index (χ4n) is 1.58. The Balaban J connectivity index is 1.81. The number of hydrogen-bond donors (Lipinski definition) is 1. The second-order valence-electron chi connectivity index (χ2n) is 4.35. The van der Waals surface area contributed by atoms with Crippen LogP contribution in [-0.2, 0) is 22.7 Å². The molecule has 0 saturated carbocycles. The number of hydrogen-bond acceptors (Lipinski definition) is 5. The summed E-state index contributed by atoms with van der Waals surface area (Å²) in [5.74, 6) is -0.0711. The molecule has 106 valence electrons. The molecule has 0 aromatic carbocycles. The molecule has 0 aliphatic rings. The molecule has 20 heavy (non-hydrogen) atoms. The van der Waals surface area contributed by atoms with Gasteiger partial charge in [-0.2, -0.15) is 0 Å². The van der Waals surface area contributed by atoms with Crippen molar-refractivity contribution in [3.05, 3.63) is 35.1 Å². The minimum absolute atomic E-state index is 0.0711. The van der Waals surface area contributed by atoms with Gasteiger partial charge < -0.3 is 10.1 Å². The van der Waals surface area contributed by atoms with Gasteiger partial charge in [-0.25, -0.2) is 4.57 Å². The van der Waals surface area contributed by atoms with Crippen molar-refractivity contribution in [1.82, 2.24) is 10.2 Å². The molecule has 7 heteroatoms. The first-order valence-corrected chi connectivity index (χ1v) is 7.06. The first-order chi connectivity index (χ1) is 9.67. The van der Waals surface area contributed by atoms with Gasteiger partial charge in [0.25, 0.3) is 0 Å². The Labute approximate surface area is 121 Å². The zero-order chi connectivity index (χ0) is 14.4. The summed E-state index contributed by atoms with van der Waals surface area (Å²) in [4.78, 5) is 11.8. The average molecular weight is 293 g/mol. The minimum Gasteiger partial charge on any atom is -0.377 e. The van der Waals surface area contributed by atoms with Crippen LogP contribution >= 0.6 is 11.3 Å². The molecule has 1 N–H and O–H groups in total. The zero-order valence-electron chi connectivity index (χ0n) is 11.5. The van der Waals surface area contributed by atoms with Crippen LogP contribution in [0.25, 0.3) is 0 Å². The summed E-state index contributed by atoms with van der Waals surface area (Å²) >= 11 is 1.32. The summed E-state index contributed by atoms with van der Waals surface area (Å²) in [5, 5.41) is 11.8. The number of carbonyl (C=O) groups is 1. The molecule has 0 atom stereocenters. The highest BCUT2D eigenvalue weighted by Gasteiger charge is 2.10. The third kappa shape index (κ3) is 4.36. The van der Waals surface area contributed by atoms with E-state index in [-0.39, 0.29) is 5.91 Å². The van der Waals surface area contributed by atoms with Crippen molar-refractivity contribution in [3.8, 4) is 0 Å². The molecule has 2 aromatic heterocycles.